The first-order chi connectivity index (χ1) is 8.29. The molecule has 1 aromatic rings. The molecule has 4 heteroatoms. The highest BCUT2D eigenvalue weighted by molar-refractivity contribution is 9.08. The maximum absolute atomic E-state index is 11.9. The van der Waals surface area contributed by atoms with Gasteiger partial charge in [-0.15, -0.1) is 0 Å². The van der Waals surface area contributed by atoms with Gasteiger partial charge < -0.3 is 5.32 Å². The van der Waals surface area contributed by atoms with Crippen LogP contribution < -0.4 is 5.32 Å². The molecule has 17 heavy (non-hydrogen) atoms. The summed E-state index contributed by atoms with van der Waals surface area (Å²) in [5.74, 6) is 2.17. The maximum Gasteiger partial charge on any atom is 0.251 e. The van der Waals surface area contributed by atoms with E-state index in [1.54, 1.807) is 0 Å². The average Bonchev–Trinajstić information content (AvgIpc) is 2.38. The van der Waals surface area contributed by atoms with Gasteiger partial charge in [-0.2, -0.15) is 11.8 Å². The number of amides is 1. The van der Waals surface area contributed by atoms with E-state index in [0.717, 1.165) is 29.2 Å². The van der Waals surface area contributed by atoms with E-state index in [9.17, 15) is 4.79 Å². The van der Waals surface area contributed by atoms with E-state index in [1.807, 2.05) is 36.0 Å². The standard InChI is InChI=1S/C13H18BrNOS/c1-2-8-17-9-7-15-13(16)12-6-4-3-5-11(12)10-14/h3-6H,2,7-10H2,1H3,(H,15,16). The van der Waals surface area contributed by atoms with Gasteiger partial charge in [0.2, 0.25) is 0 Å². The molecule has 2 nitrogen and oxygen atoms in total. The first-order valence-electron chi connectivity index (χ1n) is 5.79. The summed E-state index contributed by atoms with van der Waals surface area (Å²) >= 11 is 5.27. The molecule has 0 spiro atoms. The van der Waals surface area contributed by atoms with Gasteiger partial charge in [0.1, 0.15) is 0 Å². The Labute approximate surface area is 116 Å². The number of benzene rings is 1. The summed E-state index contributed by atoms with van der Waals surface area (Å²) in [6, 6.07) is 7.68. The molecule has 94 valence electrons. The molecule has 0 bridgehead atoms. The Morgan fingerprint density at radius 3 is 2.82 bits per heavy atom. The Morgan fingerprint density at radius 1 is 1.35 bits per heavy atom. The van der Waals surface area contributed by atoms with E-state index in [4.69, 9.17) is 0 Å². The predicted molar refractivity (Wildman–Crippen MR) is 79.0 cm³/mol. The van der Waals surface area contributed by atoms with E-state index in [1.165, 1.54) is 6.42 Å². The molecular weight excluding hydrogens is 298 g/mol. The van der Waals surface area contributed by atoms with Gasteiger partial charge in [0, 0.05) is 23.2 Å². The van der Waals surface area contributed by atoms with E-state index in [-0.39, 0.29) is 5.91 Å². The third-order valence-corrected chi connectivity index (χ3v) is 4.08. The van der Waals surface area contributed by atoms with Crippen molar-refractivity contribution in [3.05, 3.63) is 35.4 Å². The summed E-state index contributed by atoms with van der Waals surface area (Å²) < 4.78 is 0. The Balaban J connectivity index is 2.41. The van der Waals surface area contributed by atoms with Crippen molar-refractivity contribution in [3.63, 3.8) is 0 Å². The average molecular weight is 316 g/mol. The van der Waals surface area contributed by atoms with E-state index in [0.29, 0.717) is 5.33 Å². The van der Waals surface area contributed by atoms with Crippen molar-refractivity contribution in [1.82, 2.24) is 5.32 Å². The second-order valence-electron chi connectivity index (χ2n) is 3.66. The van der Waals surface area contributed by atoms with Crippen molar-refractivity contribution in [2.75, 3.05) is 18.1 Å². The third-order valence-electron chi connectivity index (χ3n) is 2.29. The van der Waals surface area contributed by atoms with Crippen molar-refractivity contribution in [1.29, 1.82) is 0 Å². The lowest BCUT2D eigenvalue weighted by atomic mass is 10.1. The molecule has 0 radical (unpaired) electrons. The third kappa shape index (κ3) is 5.13. The Hall–Kier alpha value is -0.480. The van der Waals surface area contributed by atoms with Crippen LogP contribution in [0.2, 0.25) is 0 Å². The molecule has 0 unspecified atom stereocenters. The lowest BCUT2D eigenvalue weighted by Crippen LogP contribution is -2.26. The lowest BCUT2D eigenvalue weighted by molar-refractivity contribution is 0.0955. The first kappa shape index (κ1) is 14.6. The van der Waals surface area contributed by atoms with Gasteiger partial charge in [-0.1, -0.05) is 41.1 Å². The molecule has 0 aromatic heterocycles. The van der Waals surface area contributed by atoms with E-state index in [2.05, 4.69) is 28.2 Å². The van der Waals surface area contributed by atoms with Crippen LogP contribution in [0.1, 0.15) is 29.3 Å². The number of hydrogen-bond acceptors (Lipinski definition) is 2. The number of nitrogens with one attached hydrogen (secondary N) is 1. The highest BCUT2D eigenvalue weighted by atomic mass is 79.9. The SMILES string of the molecule is CCCSCCNC(=O)c1ccccc1CBr. The number of carbonyl (C=O) groups is 1. The molecule has 0 heterocycles. The molecule has 1 amide bonds. The van der Waals surface area contributed by atoms with Gasteiger partial charge >= 0.3 is 0 Å². The van der Waals surface area contributed by atoms with Crippen LogP contribution in [0.4, 0.5) is 0 Å². The van der Waals surface area contributed by atoms with Crippen molar-refractivity contribution in [2.45, 2.75) is 18.7 Å². The molecule has 1 aromatic carbocycles. The van der Waals surface area contributed by atoms with Crippen LogP contribution in [-0.2, 0) is 5.33 Å². The minimum atomic E-state index is 0.0251. The van der Waals surface area contributed by atoms with Crippen LogP contribution in [-0.4, -0.2) is 24.0 Å². The van der Waals surface area contributed by atoms with Crippen LogP contribution >= 0.6 is 27.7 Å². The summed E-state index contributed by atoms with van der Waals surface area (Å²) in [7, 11) is 0. The van der Waals surface area contributed by atoms with E-state index < -0.39 is 0 Å². The van der Waals surface area contributed by atoms with Crippen LogP contribution in [0, 0.1) is 0 Å². The number of alkyl halides is 1. The molecule has 0 fully saturated rings. The Morgan fingerprint density at radius 2 is 2.12 bits per heavy atom. The summed E-state index contributed by atoms with van der Waals surface area (Å²) in [5.41, 5.74) is 1.80. The van der Waals surface area contributed by atoms with Crippen LogP contribution in [0.25, 0.3) is 0 Å². The fraction of sp³-hybridized carbons (Fsp3) is 0.462. The minimum Gasteiger partial charge on any atom is -0.351 e. The van der Waals surface area contributed by atoms with Crippen molar-refractivity contribution in [2.24, 2.45) is 0 Å². The normalized spacial score (nSPS) is 10.2. The zero-order chi connectivity index (χ0) is 12.5. The summed E-state index contributed by atoms with van der Waals surface area (Å²) in [6.07, 6.45) is 1.19. The topological polar surface area (TPSA) is 29.1 Å². The van der Waals surface area contributed by atoms with Crippen LogP contribution in [0.5, 0.6) is 0 Å². The van der Waals surface area contributed by atoms with Gasteiger partial charge in [-0.25, -0.2) is 0 Å². The molecule has 0 aliphatic rings. The highest BCUT2D eigenvalue weighted by Crippen LogP contribution is 2.12. The molecule has 1 N–H and O–H groups in total. The molecule has 0 aliphatic heterocycles. The maximum atomic E-state index is 11.9. The van der Waals surface area contributed by atoms with Crippen molar-refractivity contribution in [3.8, 4) is 0 Å². The fourth-order valence-corrected chi connectivity index (χ4v) is 2.66. The predicted octanol–water partition coefficient (Wildman–Crippen LogP) is 3.45. The van der Waals surface area contributed by atoms with Gasteiger partial charge in [0.15, 0.2) is 0 Å². The first-order valence-corrected chi connectivity index (χ1v) is 8.07. The highest BCUT2D eigenvalue weighted by Gasteiger charge is 2.08. The molecule has 0 atom stereocenters. The zero-order valence-corrected chi connectivity index (χ0v) is 12.4. The minimum absolute atomic E-state index is 0.0251. The van der Waals surface area contributed by atoms with Crippen LogP contribution in [0.15, 0.2) is 24.3 Å². The fourth-order valence-electron chi connectivity index (χ4n) is 1.44. The van der Waals surface area contributed by atoms with Crippen LogP contribution in [0.3, 0.4) is 0 Å². The van der Waals surface area contributed by atoms with Gasteiger partial charge in [-0.05, 0) is 23.8 Å². The van der Waals surface area contributed by atoms with Gasteiger partial charge in [-0.3, -0.25) is 4.79 Å². The summed E-state index contributed by atoms with van der Waals surface area (Å²) in [4.78, 5) is 11.9. The van der Waals surface area contributed by atoms with Crippen molar-refractivity contribution < 1.29 is 4.79 Å². The largest absolute Gasteiger partial charge is 0.351 e. The number of halogens is 1. The Bertz CT molecular complexity index is 357. The second-order valence-corrected chi connectivity index (χ2v) is 5.44. The molecular formula is C13H18BrNOS. The number of thioether (sulfide) groups is 1. The zero-order valence-electron chi connectivity index (χ0n) is 10.0. The van der Waals surface area contributed by atoms with Crippen molar-refractivity contribution >= 4 is 33.6 Å². The van der Waals surface area contributed by atoms with Gasteiger partial charge in [0.05, 0.1) is 0 Å². The molecule has 0 aliphatic carbocycles. The lowest BCUT2D eigenvalue weighted by Gasteiger charge is -2.08. The number of hydrogen-bond donors (Lipinski definition) is 1. The van der Waals surface area contributed by atoms with Gasteiger partial charge in [0.25, 0.3) is 5.91 Å². The molecule has 0 saturated carbocycles. The van der Waals surface area contributed by atoms with E-state index >= 15 is 0 Å². The monoisotopic (exact) mass is 315 g/mol. The smallest absolute Gasteiger partial charge is 0.251 e. The number of carbonyl (C=O) groups excluding carboxylic acids is 1. The summed E-state index contributed by atoms with van der Waals surface area (Å²) in [6.45, 7) is 2.90. The Kier molecular flexibility index (Phi) is 7.37. The number of rotatable bonds is 7. The molecule has 0 saturated heterocycles. The molecule has 1 rings (SSSR count). The summed E-state index contributed by atoms with van der Waals surface area (Å²) in [5, 5.41) is 3.66. The quantitative estimate of drug-likeness (QED) is 0.616. The second kappa shape index (κ2) is 8.59.